The largest absolute Gasteiger partial charge is 0.444 e. The zero-order valence-electron chi connectivity index (χ0n) is 17.3. The summed E-state index contributed by atoms with van der Waals surface area (Å²) in [5, 5.41) is 10.5. The van der Waals surface area contributed by atoms with Crippen LogP contribution < -0.4 is 16.4 Å². The summed E-state index contributed by atoms with van der Waals surface area (Å²) in [4.78, 5) is 16.7. The molecule has 1 aliphatic carbocycles. The van der Waals surface area contributed by atoms with Gasteiger partial charge in [-0.3, -0.25) is 0 Å². The van der Waals surface area contributed by atoms with E-state index < -0.39 is 11.7 Å². The van der Waals surface area contributed by atoms with Crippen LogP contribution in [0, 0.1) is 0 Å². The fraction of sp³-hybridized carbons (Fsp3) is 0.318. The van der Waals surface area contributed by atoms with Gasteiger partial charge in [0.1, 0.15) is 5.60 Å². The highest BCUT2D eigenvalue weighted by Gasteiger charge is 2.26. The molecule has 0 fully saturated rings. The smallest absolute Gasteiger partial charge is 0.408 e. The zero-order valence-corrected chi connectivity index (χ0v) is 17.3. The Hall–Kier alpha value is -3.55. The van der Waals surface area contributed by atoms with Crippen LogP contribution >= 0.6 is 0 Å². The van der Waals surface area contributed by atoms with Crippen LogP contribution in [0.4, 0.5) is 22.0 Å². The summed E-state index contributed by atoms with van der Waals surface area (Å²) >= 11 is 0. The van der Waals surface area contributed by atoms with Gasteiger partial charge in [-0.2, -0.15) is 5.10 Å². The highest BCUT2D eigenvalue weighted by molar-refractivity contribution is 5.71. The first-order valence-corrected chi connectivity index (χ1v) is 9.94. The minimum atomic E-state index is -0.517. The molecule has 0 spiro atoms. The number of alkyl carbamates (subject to hydrolysis) is 1. The molecule has 1 atom stereocenters. The highest BCUT2D eigenvalue weighted by Crippen LogP contribution is 2.34. The van der Waals surface area contributed by atoms with E-state index in [1.54, 1.807) is 16.9 Å². The van der Waals surface area contributed by atoms with Crippen molar-refractivity contribution < 1.29 is 9.53 Å². The summed E-state index contributed by atoms with van der Waals surface area (Å²) in [6.45, 7) is 5.57. The molecule has 8 heteroatoms. The standard InChI is InChI=1S/C22H26N6O2/c1-22(2,3)30-21(29)26-18-9-5-14-13-15(6-7-16(14)18)25-20-17(23)8-10-19(27-20)28-12-4-11-24-28/h4,6-8,10-13,18H,5,9,23H2,1-3H3,(H,25,27)(H,26,29)/t18-/m0/s1. The van der Waals surface area contributed by atoms with Crippen molar-refractivity contribution in [1.82, 2.24) is 20.1 Å². The van der Waals surface area contributed by atoms with Crippen molar-refractivity contribution in [3.63, 3.8) is 0 Å². The number of ether oxygens (including phenoxy) is 1. The second-order valence-electron chi connectivity index (χ2n) is 8.33. The molecule has 0 saturated carbocycles. The van der Waals surface area contributed by atoms with E-state index >= 15 is 0 Å². The predicted octanol–water partition coefficient (Wildman–Crippen LogP) is 4.11. The number of carbonyl (C=O) groups excluding carboxylic acids is 1. The van der Waals surface area contributed by atoms with E-state index in [0.29, 0.717) is 17.3 Å². The van der Waals surface area contributed by atoms with Gasteiger partial charge < -0.3 is 21.1 Å². The van der Waals surface area contributed by atoms with E-state index in [0.717, 1.165) is 24.1 Å². The average Bonchev–Trinajstić information content (AvgIpc) is 3.32. The number of rotatable bonds is 4. The molecule has 156 valence electrons. The highest BCUT2D eigenvalue weighted by atomic mass is 16.6. The van der Waals surface area contributed by atoms with Gasteiger partial charge in [-0.1, -0.05) is 6.07 Å². The molecule has 0 aliphatic heterocycles. The van der Waals surface area contributed by atoms with Crippen molar-refractivity contribution in [2.24, 2.45) is 0 Å². The zero-order chi connectivity index (χ0) is 21.3. The van der Waals surface area contributed by atoms with Crippen LogP contribution in [-0.4, -0.2) is 26.5 Å². The van der Waals surface area contributed by atoms with Gasteiger partial charge in [-0.25, -0.2) is 14.5 Å². The topological polar surface area (TPSA) is 107 Å². The first kappa shape index (κ1) is 19.8. The summed E-state index contributed by atoms with van der Waals surface area (Å²) in [7, 11) is 0. The second kappa shape index (κ2) is 7.70. The second-order valence-corrected chi connectivity index (χ2v) is 8.33. The Balaban J connectivity index is 1.49. The number of aromatic nitrogens is 3. The lowest BCUT2D eigenvalue weighted by molar-refractivity contribution is 0.0503. The number of nitrogens with zero attached hydrogens (tertiary/aromatic N) is 3. The number of nitrogen functional groups attached to an aromatic ring is 1. The Morgan fingerprint density at radius 2 is 2.10 bits per heavy atom. The van der Waals surface area contributed by atoms with Gasteiger partial charge >= 0.3 is 6.09 Å². The molecule has 2 heterocycles. The maximum absolute atomic E-state index is 12.1. The van der Waals surface area contributed by atoms with Gasteiger partial charge in [0.15, 0.2) is 11.6 Å². The molecule has 1 amide bonds. The first-order valence-electron chi connectivity index (χ1n) is 9.94. The molecule has 0 saturated heterocycles. The molecule has 30 heavy (non-hydrogen) atoms. The third kappa shape index (κ3) is 4.37. The average molecular weight is 406 g/mol. The molecule has 1 aromatic carbocycles. The van der Waals surface area contributed by atoms with Gasteiger partial charge in [0, 0.05) is 18.1 Å². The number of benzene rings is 1. The lowest BCUT2D eigenvalue weighted by Gasteiger charge is -2.22. The Labute approximate surface area is 175 Å². The van der Waals surface area contributed by atoms with Crippen molar-refractivity contribution in [1.29, 1.82) is 0 Å². The van der Waals surface area contributed by atoms with Gasteiger partial charge in [0.2, 0.25) is 0 Å². The van der Waals surface area contributed by atoms with Crippen LogP contribution in [0.1, 0.15) is 44.4 Å². The van der Waals surface area contributed by atoms with Crippen molar-refractivity contribution in [3.8, 4) is 5.82 Å². The minimum Gasteiger partial charge on any atom is -0.444 e. The van der Waals surface area contributed by atoms with Crippen LogP contribution in [-0.2, 0) is 11.2 Å². The van der Waals surface area contributed by atoms with Crippen LogP contribution in [0.2, 0.25) is 0 Å². The maximum Gasteiger partial charge on any atom is 0.408 e. The Morgan fingerprint density at radius 1 is 1.27 bits per heavy atom. The molecule has 4 N–H and O–H groups in total. The number of nitrogens with two attached hydrogens (primary N) is 1. The van der Waals surface area contributed by atoms with Crippen molar-refractivity contribution in [2.75, 3.05) is 11.1 Å². The summed E-state index contributed by atoms with van der Waals surface area (Å²) in [5.41, 5.74) is 9.33. The van der Waals surface area contributed by atoms with E-state index in [1.807, 2.05) is 51.2 Å². The minimum absolute atomic E-state index is 0.0461. The van der Waals surface area contributed by atoms with E-state index in [-0.39, 0.29) is 6.04 Å². The number of nitrogens with one attached hydrogen (secondary N) is 2. The number of hydrogen-bond donors (Lipinski definition) is 3. The number of aryl methyl sites for hydroxylation is 1. The predicted molar refractivity (Wildman–Crippen MR) is 116 cm³/mol. The molecule has 0 unspecified atom stereocenters. The lowest BCUT2D eigenvalue weighted by Crippen LogP contribution is -2.34. The molecular formula is C22H26N6O2. The fourth-order valence-electron chi connectivity index (χ4n) is 3.52. The number of pyridine rings is 1. The summed E-state index contributed by atoms with van der Waals surface area (Å²) in [6, 6.07) is 11.5. The maximum atomic E-state index is 12.1. The SMILES string of the molecule is CC(C)(C)OC(=O)N[C@H]1CCc2cc(Nc3nc(-n4cccn4)ccc3N)ccc21. The van der Waals surface area contributed by atoms with Gasteiger partial charge in [-0.05, 0) is 75.1 Å². The van der Waals surface area contributed by atoms with E-state index in [9.17, 15) is 4.79 Å². The number of amides is 1. The first-order chi connectivity index (χ1) is 14.3. The van der Waals surface area contributed by atoms with Crippen LogP contribution in [0.3, 0.4) is 0 Å². The number of hydrogen-bond acceptors (Lipinski definition) is 6. The molecule has 0 radical (unpaired) electrons. The number of anilines is 3. The molecule has 3 aromatic rings. The summed E-state index contributed by atoms with van der Waals surface area (Å²) < 4.78 is 7.06. The summed E-state index contributed by atoms with van der Waals surface area (Å²) in [5.74, 6) is 1.25. The monoisotopic (exact) mass is 406 g/mol. The molecule has 1 aliphatic rings. The van der Waals surface area contributed by atoms with Gasteiger partial charge in [0.05, 0.1) is 11.7 Å². The quantitative estimate of drug-likeness (QED) is 0.602. The van der Waals surface area contributed by atoms with Crippen molar-refractivity contribution >= 4 is 23.3 Å². The Morgan fingerprint density at radius 3 is 2.83 bits per heavy atom. The van der Waals surface area contributed by atoms with Crippen LogP contribution in [0.15, 0.2) is 48.8 Å². The lowest BCUT2D eigenvalue weighted by atomic mass is 10.1. The molecule has 2 aromatic heterocycles. The third-order valence-corrected chi connectivity index (χ3v) is 4.83. The van der Waals surface area contributed by atoms with Crippen molar-refractivity contribution in [3.05, 3.63) is 59.9 Å². The number of fused-ring (bicyclic) bond motifs is 1. The fourth-order valence-corrected chi connectivity index (χ4v) is 3.52. The van der Waals surface area contributed by atoms with E-state index in [1.165, 1.54) is 5.56 Å². The molecular weight excluding hydrogens is 380 g/mol. The van der Waals surface area contributed by atoms with Gasteiger partial charge in [-0.15, -0.1) is 0 Å². The van der Waals surface area contributed by atoms with Gasteiger partial charge in [0.25, 0.3) is 0 Å². The molecule has 8 nitrogen and oxygen atoms in total. The number of carbonyl (C=O) groups is 1. The van der Waals surface area contributed by atoms with E-state index in [4.69, 9.17) is 10.5 Å². The normalized spacial score (nSPS) is 15.5. The van der Waals surface area contributed by atoms with Crippen molar-refractivity contribution in [2.45, 2.75) is 45.3 Å². The third-order valence-electron chi connectivity index (χ3n) is 4.83. The molecule has 4 rings (SSSR count). The summed E-state index contributed by atoms with van der Waals surface area (Å²) in [6.07, 6.45) is 4.85. The van der Waals surface area contributed by atoms with Crippen LogP contribution in [0.5, 0.6) is 0 Å². The Kier molecular flexibility index (Phi) is 5.07. The van der Waals surface area contributed by atoms with E-state index in [2.05, 4.69) is 26.8 Å². The van der Waals surface area contributed by atoms with Crippen LogP contribution in [0.25, 0.3) is 5.82 Å². The Bertz CT molecular complexity index is 1060. The molecule has 0 bridgehead atoms.